The molecule has 4 aromatic carbocycles. The van der Waals surface area contributed by atoms with E-state index >= 15 is 0 Å². The predicted octanol–water partition coefficient (Wildman–Crippen LogP) is 8.80. The first kappa shape index (κ1) is 31.1. The summed E-state index contributed by atoms with van der Waals surface area (Å²) in [6.07, 6.45) is 3.49. The molecule has 3 nitrogen and oxygen atoms in total. The molecule has 228 valence electrons. The number of carbonyl (C=O) groups is 1. The molecule has 0 N–H and O–H groups in total. The fraction of sp³-hybridized carbons (Fsp3) is 0.342. The van der Waals surface area contributed by atoms with Crippen LogP contribution in [0.25, 0.3) is 0 Å². The third-order valence-corrected chi connectivity index (χ3v) is 15.0. The normalized spacial score (nSPS) is 20.0. The lowest BCUT2D eigenvalue weighted by Crippen LogP contribution is -2.67. The highest BCUT2D eigenvalue weighted by Crippen LogP contribution is 2.49. The van der Waals surface area contributed by atoms with Gasteiger partial charge in [-0.15, -0.1) is 0 Å². The highest BCUT2D eigenvalue weighted by Gasteiger charge is 2.52. The van der Waals surface area contributed by atoms with Gasteiger partial charge in [-0.05, 0) is 76.0 Å². The summed E-state index contributed by atoms with van der Waals surface area (Å²) in [4.78, 5) is 16.4. The van der Waals surface area contributed by atoms with Crippen LogP contribution in [0, 0.1) is 5.92 Å². The maximum Gasteiger partial charge on any atom is 0.261 e. The van der Waals surface area contributed by atoms with Crippen LogP contribution in [-0.2, 0) is 9.22 Å². The van der Waals surface area contributed by atoms with E-state index in [1.54, 1.807) is 0 Å². The molecule has 6 rings (SSSR count). The number of rotatable bonds is 9. The Hall–Kier alpha value is -2.89. The van der Waals surface area contributed by atoms with Crippen LogP contribution in [0.5, 0.6) is 0 Å². The number of benzene rings is 4. The molecular formula is C38H41Cl2NO2Si. The zero-order valence-corrected chi connectivity index (χ0v) is 28.3. The summed E-state index contributed by atoms with van der Waals surface area (Å²) < 4.78 is 7.50. The van der Waals surface area contributed by atoms with Crippen molar-refractivity contribution in [1.29, 1.82) is 0 Å². The second-order valence-electron chi connectivity index (χ2n) is 13.4. The number of hydrogen-bond acceptors (Lipinski definition) is 2. The van der Waals surface area contributed by atoms with Crippen molar-refractivity contribution in [3.8, 4) is 0 Å². The average molecular weight is 643 g/mol. The van der Waals surface area contributed by atoms with Crippen molar-refractivity contribution in [3.63, 3.8) is 0 Å². The minimum Gasteiger partial charge on any atom is -0.405 e. The summed E-state index contributed by atoms with van der Waals surface area (Å²) in [5.41, 5.74) is 2.26. The molecule has 1 saturated carbocycles. The van der Waals surface area contributed by atoms with Gasteiger partial charge in [0.1, 0.15) is 0 Å². The van der Waals surface area contributed by atoms with Gasteiger partial charge in [-0.2, -0.15) is 0 Å². The van der Waals surface area contributed by atoms with Gasteiger partial charge < -0.3 is 9.33 Å². The molecule has 0 aromatic heterocycles. The Kier molecular flexibility index (Phi) is 9.08. The Bertz CT molecular complexity index is 1530. The minimum absolute atomic E-state index is 0.0354. The highest BCUT2D eigenvalue weighted by molar-refractivity contribution is 6.99. The van der Waals surface area contributed by atoms with Crippen molar-refractivity contribution in [2.24, 2.45) is 5.92 Å². The molecule has 2 aliphatic rings. The van der Waals surface area contributed by atoms with Crippen LogP contribution >= 0.6 is 23.2 Å². The predicted molar refractivity (Wildman–Crippen MR) is 185 cm³/mol. The molecule has 1 saturated heterocycles. The molecule has 1 aliphatic heterocycles. The van der Waals surface area contributed by atoms with E-state index in [4.69, 9.17) is 27.6 Å². The molecule has 3 atom stereocenters. The van der Waals surface area contributed by atoms with Crippen molar-refractivity contribution in [1.82, 2.24) is 4.90 Å². The van der Waals surface area contributed by atoms with Gasteiger partial charge in [0.2, 0.25) is 5.91 Å². The van der Waals surface area contributed by atoms with Gasteiger partial charge in [0.05, 0.1) is 18.7 Å². The van der Waals surface area contributed by atoms with E-state index in [2.05, 4.69) is 111 Å². The van der Waals surface area contributed by atoms with Crippen LogP contribution in [0.1, 0.15) is 69.5 Å². The lowest BCUT2D eigenvalue weighted by atomic mass is 9.79. The van der Waals surface area contributed by atoms with Crippen LogP contribution in [0.3, 0.4) is 0 Å². The Labute approximate surface area is 273 Å². The Morgan fingerprint density at radius 1 is 0.773 bits per heavy atom. The third-order valence-electron chi connectivity index (χ3n) is 9.54. The maximum atomic E-state index is 14.2. The van der Waals surface area contributed by atoms with Gasteiger partial charge >= 0.3 is 0 Å². The molecule has 1 amide bonds. The molecule has 2 fully saturated rings. The number of piperidine rings is 1. The maximum absolute atomic E-state index is 14.2. The molecule has 1 aliphatic carbocycles. The number of amides is 1. The van der Waals surface area contributed by atoms with Gasteiger partial charge in [0, 0.05) is 22.4 Å². The SMILES string of the molecule is CC(C)(C)[Si](OCC(C1CC1)N1C(=O)CC[C@H](c2cccc(Cl)c2)C1c1ccc(Cl)cc1)(c1ccccc1)c1ccccc1. The largest absolute Gasteiger partial charge is 0.405 e. The fourth-order valence-electron chi connectivity index (χ4n) is 7.34. The second kappa shape index (κ2) is 12.8. The Morgan fingerprint density at radius 3 is 1.93 bits per heavy atom. The molecule has 0 bridgehead atoms. The highest BCUT2D eigenvalue weighted by atomic mass is 35.5. The molecule has 0 spiro atoms. The van der Waals surface area contributed by atoms with Crippen molar-refractivity contribution in [2.45, 2.75) is 69.5 Å². The van der Waals surface area contributed by atoms with Gasteiger partial charge in [-0.25, -0.2) is 0 Å². The van der Waals surface area contributed by atoms with E-state index in [0.29, 0.717) is 24.0 Å². The smallest absolute Gasteiger partial charge is 0.261 e. The molecule has 6 heteroatoms. The van der Waals surface area contributed by atoms with Crippen molar-refractivity contribution < 1.29 is 9.22 Å². The Balaban J connectivity index is 1.44. The van der Waals surface area contributed by atoms with Crippen LogP contribution in [0.15, 0.2) is 109 Å². The zero-order chi connectivity index (χ0) is 30.9. The standard InChI is InChI=1S/C38H41Cl2NO2Si/c1-38(2,3)44(32-13-6-4-7-14-32,33-15-8-5-9-16-33)43-26-35(27-17-18-27)41-36(42)24-23-34(29-11-10-12-31(40)25-29)37(41)28-19-21-30(39)22-20-28/h4-16,19-22,25,27,34-35,37H,17-18,23-24,26H2,1-3H3/t34-,35?,37?/m1/s1. The average Bonchev–Trinajstić information content (AvgIpc) is 3.86. The summed E-state index contributed by atoms with van der Waals surface area (Å²) in [6.45, 7) is 7.42. The van der Waals surface area contributed by atoms with E-state index in [-0.39, 0.29) is 28.9 Å². The van der Waals surface area contributed by atoms with Gasteiger partial charge in [-0.1, -0.05) is 129 Å². The van der Waals surface area contributed by atoms with E-state index in [9.17, 15) is 4.79 Å². The van der Waals surface area contributed by atoms with Gasteiger partial charge in [0.25, 0.3) is 8.32 Å². The van der Waals surface area contributed by atoms with Crippen LogP contribution < -0.4 is 10.4 Å². The lowest BCUT2D eigenvalue weighted by molar-refractivity contribution is -0.142. The molecule has 4 aromatic rings. The number of hydrogen-bond donors (Lipinski definition) is 0. The first-order valence-electron chi connectivity index (χ1n) is 15.8. The number of nitrogens with zero attached hydrogens (tertiary/aromatic N) is 1. The molecule has 1 heterocycles. The summed E-state index contributed by atoms with van der Waals surface area (Å²) in [7, 11) is -2.79. The molecule has 0 radical (unpaired) electrons. The van der Waals surface area contributed by atoms with Crippen molar-refractivity contribution in [3.05, 3.63) is 130 Å². The van der Waals surface area contributed by atoms with Gasteiger partial charge in [0.15, 0.2) is 0 Å². The topological polar surface area (TPSA) is 29.5 Å². The van der Waals surface area contributed by atoms with Crippen molar-refractivity contribution in [2.75, 3.05) is 6.61 Å². The molecule has 44 heavy (non-hydrogen) atoms. The third kappa shape index (κ3) is 6.15. The van der Waals surface area contributed by atoms with E-state index < -0.39 is 8.32 Å². The number of halogens is 2. The zero-order valence-electron chi connectivity index (χ0n) is 25.8. The van der Waals surface area contributed by atoms with E-state index in [1.807, 2.05) is 24.3 Å². The Morgan fingerprint density at radius 2 is 1.39 bits per heavy atom. The summed E-state index contributed by atoms with van der Waals surface area (Å²) >= 11 is 12.9. The fourth-order valence-corrected chi connectivity index (χ4v) is 12.2. The second-order valence-corrected chi connectivity index (χ2v) is 18.6. The van der Waals surface area contributed by atoms with Crippen LogP contribution in [-0.4, -0.2) is 31.8 Å². The minimum atomic E-state index is -2.79. The number of carbonyl (C=O) groups excluding carboxylic acids is 1. The quantitative estimate of drug-likeness (QED) is 0.171. The summed E-state index contributed by atoms with van der Waals surface area (Å²) in [5.74, 6) is 0.720. The van der Waals surface area contributed by atoms with E-state index in [0.717, 1.165) is 35.4 Å². The van der Waals surface area contributed by atoms with Crippen LogP contribution in [0.4, 0.5) is 0 Å². The molecule has 2 unspecified atom stereocenters. The number of likely N-dealkylation sites (tertiary alicyclic amines) is 1. The summed E-state index contributed by atoms with van der Waals surface area (Å²) in [6, 6.07) is 37.6. The van der Waals surface area contributed by atoms with E-state index in [1.165, 1.54) is 10.4 Å². The monoisotopic (exact) mass is 641 g/mol. The molecular weight excluding hydrogens is 601 g/mol. The van der Waals surface area contributed by atoms with Crippen molar-refractivity contribution >= 4 is 47.8 Å². The first-order chi connectivity index (χ1) is 21.2. The summed E-state index contributed by atoms with van der Waals surface area (Å²) in [5, 5.41) is 3.77. The first-order valence-corrected chi connectivity index (χ1v) is 18.4. The van der Waals surface area contributed by atoms with Gasteiger partial charge in [-0.3, -0.25) is 4.79 Å². The van der Waals surface area contributed by atoms with Crippen LogP contribution in [0.2, 0.25) is 15.1 Å². The lowest BCUT2D eigenvalue weighted by Gasteiger charge is -2.48.